The Bertz CT molecular complexity index is 625. The highest BCUT2D eigenvalue weighted by Gasteiger charge is 2.05. The van der Waals surface area contributed by atoms with Crippen LogP contribution in [0.5, 0.6) is 5.75 Å². The van der Waals surface area contributed by atoms with E-state index in [0.717, 1.165) is 5.56 Å². The van der Waals surface area contributed by atoms with Crippen LogP contribution in [0.3, 0.4) is 0 Å². The number of rotatable bonds is 3. The molecule has 0 radical (unpaired) electrons. The summed E-state index contributed by atoms with van der Waals surface area (Å²) < 4.78 is 2.43. The van der Waals surface area contributed by atoms with E-state index in [0.29, 0.717) is 20.7 Å². The molecule has 2 aromatic rings. The Morgan fingerprint density at radius 1 is 1.29 bits per heavy atom. The molecule has 0 saturated carbocycles. The number of phenols is 1. The molecule has 0 unspecified atom stereocenters. The molecule has 2 rings (SSSR count). The van der Waals surface area contributed by atoms with Gasteiger partial charge in [-0.05, 0) is 56.5 Å². The molecule has 0 atom stereocenters. The van der Waals surface area contributed by atoms with Crippen LogP contribution in [0, 0.1) is 6.92 Å². The largest absolute Gasteiger partial charge is 0.506 e. The van der Waals surface area contributed by atoms with Crippen molar-refractivity contribution in [1.29, 1.82) is 0 Å². The van der Waals surface area contributed by atoms with Gasteiger partial charge in [0.25, 0.3) is 5.95 Å². The summed E-state index contributed by atoms with van der Waals surface area (Å²) in [5, 5.41) is 21.2. The summed E-state index contributed by atoms with van der Waals surface area (Å²) in [6, 6.07) is 3.45. The molecule has 1 aromatic carbocycles. The van der Waals surface area contributed by atoms with Gasteiger partial charge in [0.2, 0.25) is 0 Å². The molecule has 0 aliphatic rings. The number of nitrogens with two attached hydrogens (primary N) is 1. The number of anilines is 1. The molecule has 116 valence electrons. The second kappa shape index (κ2) is 8.42. The molecule has 0 spiro atoms. The van der Waals surface area contributed by atoms with E-state index in [-0.39, 0.29) is 30.6 Å². The van der Waals surface area contributed by atoms with E-state index in [1.807, 2.05) is 0 Å². The average molecular weight is 463 g/mol. The van der Waals surface area contributed by atoms with Crippen molar-refractivity contribution >= 4 is 68.8 Å². The lowest BCUT2D eigenvalue weighted by Gasteiger charge is -2.02. The minimum atomic E-state index is 0. The second-order valence-electron chi connectivity index (χ2n) is 3.64. The zero-order valence-corrected chi connectivity index (χ0v) is 15.4. The summed E-state index contributed by atoms with van der Waals surface area (Å²) >= 11 is 6.48. The quantitative estimate of drug-likeness (QED) is 0.370. The van der Waals surface area contributed by atoms with Crippen LogP contribution in [0.2, 0.25) is 0 Å². The number of nitrogens with zero attached hydrogens (tertiary/aromatic N) is 4. The first kappa shape index (κ1) is 20.0. The number of hydrazone groups is 1. The van der Waals surface area contributed by atoms with Gasteiger partial charge in [-0.3, -0.25) is 0 Å². The molecular weight excluding hydrogens is 451 g/mol. The van der Waals surface area contributed by atoms with Gasteiger partial charge in [0, 0.05) is 0 Å². The smallest absolute Gasteiger partial charge is 0.263 e. The molecule has 7 nitrogen and oxygen atoms in total. The van der Waals surface area contributed by atoms with Crippen LogP contribution in [0.25, 0.3) is 0 Å². The number of halogens is 4. The summed E-state index contributed by atoms with van der Waals surface area (Å²) in [6.07, 6.45) is 1.57. The third-order valence-electron chi connectivity index (χ3n) is 2.28. The number of nitrogens with one attached hydrogen (secondary N) is 1. The second-order valence-corrected chi connectivity index (χ2v) is 5.35. The SMILES string of the molecule is Cc1nnc(NN=Cc2cc(Br)c(O)c(Br)c2)n1N.Cl.Cl. The molecule has 11 heteroatoms. The number of phenolic OH excluding ortho intramolecular Hbond substituents is 1. The van der Waals surface area contributed by atoms with E-state index in [4.69, 9.17) is 5.84 Å². The fourth-order valence-corrected chi connectivity index (χ4v) is 2.49. The van der Waals surface area contributed by atoms with Gasteiger partial charge in [-0.15, -0.1) is 35.0 Å². The zero-order chi connectivity index (χ0) is 14.0. The fourth-order valence-electron chi connectivity index (χ4n) is 1.27. The maximum absolute atomic E-state index is 9.58. The van der Waals surface area contributed by atoms with Gasteiger partial charge < -0.3 is 10.9 Å². The van der Waals surface area contributed by atoms with Crippen LogP contribution in [0.4, 0.5) is 5.95 Å². The number of aromatic nitrogens is 3. The van der Waals surface area contributed by atoms with Crippen LogP contribution >= 0.6 is 56.7 Å². The molecule has 21 heavy (non-hydrogen) atoms. The van der Waals surface area contributed by atoms with E-state index in [1.165, 1.54) is 4.68 Å². The first-order chi connectivity index (χ1) is 8.99. The van der Waals surface area contributed by atoms with E-state index in [1.54, 1.807) is 25.3 Å². The lowest BCUT2D eigenvalue weighted by Crippen LogP contribution is -2.13. The monoisotopic (exact) mass is 460 g/mol. The number of hydrogen-bond acceptors (Lipinski definition) is 6. The Labute approximate surface area is 150 Å². The van der Waals surface area contributed by atoms with Crippen LogP contribution in [-0.2, 0) is 0 Å². The highest BCUT2D eigenvalue weighted by Crippen LogP contribution is 2.32. The van der Waals surface area contributed by atoms with Gasteiger partial charge in [-0.1, -0.05) is 0 Å². The normalized spacial score (nSPS) is 10.0. The number of benzene rings is 1. The summed E-state index contributed by atoms with van der Waals surface area (Å²) in [5.41, 5.74) is 3.46. The lowest BCUT2D eigenvalue weighted by atomic mass is 10.2. The van der Waals surface area contributed by atoms with E-state index >= 15 is 0 Å². The molecule has 0 fully saturated rings. The number of aryl methyl sites for hydroxylation is 1. The Balaban J connectivity index is 0.00000200. The summed E-state index contributed by atoms with van der Waals surface area (Å²) in [5.74, 6) is 6.71. The molecule has 0 saturated heterocycles. The molecule has 0 amide bonds. The third-order valence-corrected chi connectivity index (χ3v) is 3.49. The minimum absolute atomic E-state index is 0. The Morgan fingerprint density at radius 2 is 1.86 bits per heavy atom. The van der Waals surface area contributed by atoms with Crippen molar-refractivity contribution in [3.8, 4) is 5.75 Å². The van der Waals surface area contributed by atoms with Crippen molar-refractivity contribution in [1.82, 2.24) is 14.9 Å². The molecule has 0 aliphatic carbocycles. The predicted molar refractivity (Wildman–Crippen MR) is 94.1 cm³/mol. The highest BCUT2D eigenvalue weighted by atomic mass is 79.9. The Morgan fingerprint density at radius 3 is 2.33 bits per heavy atom. The molecular formula is C10H12Br2Cl2N6O. The van der Waals surface area contributed by atoms with Gasteiger partial charge >= 0.3 is 0 Å². The average Bonchev–Trinajstić information content (AvgIpc) is 2.68. The van der Waals surface area contributed by atoms with Gasteiger partial charge in [0.15, 0.2) is 5.82 Å². The van der Waals surface area contributed by atoms with E-state index in [2.05, 4.69) is 52.6 Å². The zero-order valence-electron chi connectivity index (χ0n) is 10.6. The van der Waals surface area contributed by atoms with E-state index in [9.17, 15) is 5.11 Å². The Hall–Kier alpha value is -1.03. The number of nitrogen functional groups attached to an aromatic ring is 1. The van der Waals surface area contributed by atoms with Gasteiger partial charge in [-0.25, -0.2) is 10.1 Å². The van der Waals surface area contributed by atoms with Crippen LogP contribution < -0.4 is 11.3 Å². The standard InChI is InChI=1S/C10H10Br2N6O.2ClH/c1-5-15-17-10(18(5)13)16-14-4-6-2-7(11)9(19)8(12)3-6;;/h2-4,19H,13H2,1H3,(H,16,17);2*1H. The molecule has 1 aromatic heterocycles. The van der Waals surface area contributed by atoms with Crippen LogP contribution in [0.1, 0.15) is 11.4 Å². The van der Waals surface area contributed by atoms with Crippen LogP contribution in [0.15, 0.2) is 26.2 Å². The van der Waals surface area contributed by atoms with Crippen molar-refractivity contribution in [3.05, 3.63) is 32.5 Å². The summed E-state index contributed by atoms with van der Waals surface area (Å²) in [4.78, 5) is 0. The number of hydrogen-bond donors (Lipinski definition) is 3. The maximum atomic E-state index is 9.58. The first-order valence-corrected chi connectivity index (χ1v) is 6.72. The summed E-state index contributed by atoms with van der Waals surface area (Å²) in [7, 11) is 0. The van der Waals surface area contributed by atoms with Crippen LogP contribution in [-0.4, -0.2) is 26.2 Å². The fraction of sp³-hybridized carbons (Fsp3) is 0.100. The van der Waals surface area contributed by atoms with Gasteiger partial charge in [0.05, 0.1) is 15.2 Å². The third kappa shape index (κ3) is 4.73. The number of aromatic hydroxyl groups is 1. The topological polar surface area (TPSA) is 101 Å². The van der Waals surface area contributed by atoms with Crippen molar-refractivity contribution in [2.45, 2.75) is 6.92 Å². The highest BCUT2D eigenvalue weighted by molar-refractivity contribution is 9.11. The molecule has 4 N–H and O–H groups in total. The predicted octanol–water partition coefficient (Wildman–Crippen LogP) is 2.82. The lowest BCUT2D eigenvalue weighted by molar-refractivity contribution is 0.468. The van der Waals surface area contributed by atoms with Crippen molar-refractivity contribution in [2.24, 2.45) is 5.10 Å². The maximum Gasteiger partial charge on any atom is 0.263 e. The van der Waals surface area contributed by atoms with Crippen molar-refractivity contribution < 1.29 is 5.11 Å². The Kier molecular flexibility index (Phi) is 8.01. The molecule has 0 bridgehead atoms. The summed E-state index contributed by atoms with van der Waals surface area (Å²) in [6.45, 7) is 1.73. The van der Waals surface area contributed by atoms with E-state index < -0.39 is 0 Å². The molecule has 0 aliphatic heterocycles. The van der Waals surface area contributed by atoms with Gasteiger partial charge in [0.1, 0.15) is 5.75 Å². The van der Waals surface area contributed by atoms with Crippen molar-refractivity contribution in [3.63, 3.8) is 0 Å². The minimum Gasteiger partial charge on any atom is -0.506 e. The first-order valence-electron chi connectivity index (χ1n) is 5.13. The molecule has 1 heterocycles. The van der Waals surface area contributed by atoms with Gasteiger partial charge in [-0.2, -0.15) is 5.10 Å². The van der Waals surface area contributed by atoms with Crippen molar-refractivity contribution in [2.75, 3.05) is 11.3 Å².